The number of hydrogen-bond acceptors (Lipinski definition) is 5. The first-order valence-corrected chi connectivity index (χ1v) is 5.97. The number of nitro groups is 1. The van der Waals surface area contributed by atoms with E-state index < -0.39 is 46.0 Å². The summed E-state index contributed by atoms with van der Waals surface area (Å²) in [4.78, 5) is 33.9. The summed E-state index contributed by atoms with van der Waals surface area (Å²) in [5.74, 6) is -3.32. The van der Waals surface area contributed by atoms with E-state index in [1.807, 2.05) is 0 Å². The van der Waals surface area contributed by atoms with Gasteiger partial charge in [-0.25, -0.2) is 9.18 Å². The minimum absolute atomic E-state index is 0.169. The SMILES string of the molecule is O=C(O)[C@H]1C[C@@H](O)CN1C(=O)c1cc([N+](=O)[O-])ccc1F. The third kappa shape index (κ3) is 2.82. The summed E-state index contributed by atoms with van der Waals surface area (Å²) >= 11 is 0. The van der Waals surface area contributed by atoms with E-state index in [-0.39, 0.29) is 13.0 Å². The van der Waals surface area contributed by atoms with Crippen LogP contribution in [0.3, 0.4) is 0 Å². The van der Waals surface area contributed by atoms with Gasteiger partial charge in [0.2, 0.25) is 0 Å². The first kappa shape index (κ1) is 14.9. The highest BCUT2D eigenvalue weighted by Gasteiger charge is 2.40. The predicted molar refractivity (Wildman–Crippen MR) is 66.1 cm³/mol. The van der Waals surface area contributed by atoms with E-state index in [2.05, 4.69) is 0 Å². The van der Waals surface area contributed by atoms with Crippen LogP contribution in [-0.2, 0) is 4.79 Å². The maximum Gasteiger partial charge on any atom is 0.326 e. The van der Waals surface area contributed by atoms with Gasteiger partial charge < -0.3 is 15.1 Å². The van der Waals surface area contributed by atoms with Gasteiger partial charge in [-0.1, -0.05) is 0 Å². The van der Waals surface area contributed by atoms with Gasteiger partial charge in [0.05, 0.1) is 16.6 Å². The average Bonchev–Trinajstić information content (AvgIpc) is 2.80. The van der Waals surface area contributed by atoms with E-state index >= 15 is 0 Å². The van der Waals surface area contributed by atoms with Crippen molar-refractivity contribution in [2.75, 3.05) is 6.54 Å². The number of non-ortho nitro benzene ring substituents is 1. The van der Waals surface area contributed by atoms with Crippen LogP contribution in [0.5, 0.6) is 0 Å². The third-order valence-corrected chi connectivity index (χ3v) is 3.22. The number of nitrogens with zero attached hydrogens (tertiary/aromatic N) is 2. The van der Waals surface area contributed by atoms with Crippen LogP contribution < -0.4 is 0 Å². The molecule has 1 saturated heterocycles. The van der Waals surface area contributed by atoms with Crippen molar-refractivity contribution in [1.82, 2.24) is 4.90 Å². The lowest BCUT2D eigenvalue weighted by Gasteiger charge is -2.21. The maximum atomic E-state index is 13.7. The standard InChI is InChI=1S/C12H11FN2O6/c13-9-2-1-6(15(20)21)3-8(9)11(17)14-5-7(16)4-10(14)12(18)19/h1-3,7,10,16H,4-5H2,(H,18,19)/t7-,10-/m1/s1. The molecule has 0 saturated carbocycles. The van der Waals surface area contributed by atoms with Gasteiger partial charge in [-0.05, 0) is 6.07 Å². The number of carbonyl (C=O) groups excluding carboxylic acids is 1. The van der Waals surface area contributed by atoms with Crippen molar-refractivity contribution < 1.29 is 29.1 Å². The number of nitro benzene ring substituents is 1. The van der Waals surface area contributed by atoms with Crippen LogP contribution in [0, 0.1) is 15.9 Å². The molecule has 0 unspecified atom stereocenters. The van der Waals surface area contributed by atoms with Crippen LogP contribution >= 0.6 is 0 Å². The van der Waals surface area contributed by atoms with Crippen LogP contribution in [0.25, 0.3) is 0 Å². The summed E-state index contributed by atoms with van der Waals surface area (Å²) < 4.78 is 13.7. The number of amides is 1. The van der Waals surface area contributed by atoms with Gasteiger partial charge in [0, 0.05) is 25.1 Å². The zero-order valence-corrected chi connectivity index (χ0v) is 10.6. The Morgan fingerprint density at radius 1 is 1.43 bits per heavy atom. The lowest BCUT2D eigenvalue weighted by Crippen LogP contribution is -2.41. The molecule has 8 nitrogen and oxygen atoms in total. The van der Waals surface area contributed by atoms with Gasteiger partial charge in [0.25, 0.3) is 11.6 Å². The summed E-state index contributed by atoms with van der Waals surface area (Å²) in [6.45, 7) is -0.266. The number of benzene rings is 1. The largest absolute Gasteiger partial charge is 0.480 e. The maximum absolute atomic E-state index is 13.7. The topological polar surface area (TPSA) is 121 Å². The molecule has 9 heteroatoms. The van der Waals surface area contributed by atoms with Crippen molar-refractivity contribution in [2.24, 2.45) is 0 Å². The molecular weight excluding hydrogens is 287 g/mol. The molecular formula is C12H11FN2O6. The number of likely N-dealkylation sites (tertiary alicyclic amines) is 1. The third-order valence-electron chi connectivity index (χ3n) is 3.22. The monoisotopic (exact) mass is 298 g/mol. The first-order valence-electron chi connectivity index (χ1n) is 5.97. The molecule has 2 rings (SSSR count). The molecule has 0 aromatic heterocycles. The first-order chi connectivity index (χ1) is 9.81. The molecule has 1 amide bonds. The Balaban J connectivity index is 2.37. The zero-order valence-electron chi connectivity index (χ0n) is 10.6. The lowest BCUT2D eigenvalue weighted by atomic mass is 10.1. The highest BCUT2D eigenvalue weighted by molar-refractivity contribution is 5.97. The average molecular weight is 298 g/mol. The molecule has 2 N–H and O–H groups in total. The number of hydrogen-bond donors (Lipinski definition) is 2. The molecule has 0 spiro atoms. The number of β-amino-alcohol motifs (C(OH)–C–C–N with tert-alkyl or cyclic N) is 1. The predicted octanol–water partition coefficient (Wildman–Crippen LogP) is 0.394. The van der Waals surface area contributed by atoms with Gasteiger partial charge in [-0.3, -0.25) is 14.9 Å². The van der Waals surface area contributed by atoms with Gasteiger partial charge in [0.1, 0.15) is 11.9 Å². The normalized spacial score (nSPS) is 21.3. The van der Waals surface area contributed by atoms with E-state index in [0.29, 0.717) is 0 Å². The lowest BCUT2D eigenvalue weighted by molar-refractivity contribution is -0.384. The quantitative estimate of drug-likeness (QED) is 0.615. The molecule has 2 atom stereocenters. The number of carboxylic acids is 1. The number of rotatable bonds is 3. The Hall–Kier alpha value is -2.55. The number of halogens is 1. The van der Waals surface area contributed by atoms with Crippen LogP contribution in [0.1, 0.15) is 16.8 Å². The summed E-state index contributed by atoms with van der Waals surface area (Å²) in [6, 6.07) is 1.14. The van der Waals surface area contributed by atoms with E-state index in [1.54, 1.807) is 0 Å². The molecule has 1 fully saturated rings. The second kappa shape index (κ2) is 5.44. The summed E-state index contributed by atoms with van der Waals surface area (Å²) in [5, 5.41) is 29.1. The fourth-order valence-electron chi connectivity index (χ4n) is 2.22. The molecule has 1 aliphatic heterocycles. The van der Waals surface area contributed by atoms with Crippen LogP contribution in [0.4, 0.5) is 10.1 Å². The second-order valence-electron chi connectivity index (χ2n) is 4.62. The Morgan fingerprint density at radius 3 is 2.67 bits per heavy atom. The van der Waals surface area contributed by atoms with E-state index in [4.69, 9.17) is 5.11 Å². The van der Waals surface area contributed by atoms with E-state index in [0.717, 1.165) is 23.1 Å². The molecule has 112 valence electrons. The molecule has 1 heterocycles. The molecule has 1 aromatic carbocycles. The fraction of sp³-hybridized carbons (Fsp3) is 0.333. The highest BCUT2D eigenvalue weighted by Crippen LogP contribution is 2.24. The molecule has 0 aliphatic carbocycles. The number of carbonyl (C=O) groups is 2. The Labute approximate surface area is 117 Å². The zero-order chi connectivity index (χ0) is 15.7. The molecule has 1 aromatic rings. The number of aliphatic carboxylic acids is 1. The minimum atomic E-state index is -1.33. The van der Waals surface area contributed by atoms with Crippen molar-refractivity contribution in [3.05, 3.63) is 39.7 Å². The minimum Gasteiger partial charge on any atom is -0.480 e. The van der Waals surface area contributed by atoms with E-state index in [9.17, 15) is 29.2 Å². The molecule has 1 aliphatic rings. The van der Waals surface area contributed by atoms with Gasteiger partial charge >= 0.3 is 5.97 Å². The molecule has 0 bridgehead atoms. The van der Waals surface area contributed by atoms with Crippen molar-refractivity contribution in [3.8, 4) is 0 Å². The highest BCUT2D eigenvalue weighted by atomic mass is 19.1. The van der Waals surface area contributed by atoms with Crippen LogP contribution in [0.2, 0.25) is 0 Å². The van der Waals surface area contributed by atoms with Crippen molar-refractivity contribution in [3.63, 3.8) is 0 Å². The fourth-order valence-corrected chi connectivity index (χ4v) is 2.22. The smallest absolute Gasteiger partial charge is 0.326 e. The van der Waals surface area contributed by atoms with Crippen molar-refractivity contribution in [2.45, 2.75) is 18.6 Å². The summed E-state index contributed by atoms with van der Waals surface area (Å²) in [5.41, 5.74) is -1.07. The summed E-state index contributed by atoms with van der Waals surface area (Å²) in [6.07, 6.45) is -1.20. The van der Waals surface area contributed by atoms with Gasteiger partial charge in [-0.15, -0.1) is 0 Å². The Kier molecular flexibility index (Phi) is 3.85. The summed E-state index contributed by atoms with van der Waals surface area (Å²) in [7, 11) is 0. The van der Waals surface area contributed by atoms with Gasteiger partial charge in [0.15, 0.2) is 0 Å². The Bertz CT molecular complexity index is 620. The van der Waals surface area contributed by atoms with Crippen molar-refractivity contribution >= 4 is 17.6 Å². The second-order valence-corrected chi connectivity index (χ2v) is 4.62. The Morgan fingerprint density at radius 2 is 2.10 bits per heavy atom. The molecule has 0 radical (unpaired) electrons. The van der Waals surface area contributed by atoms with Crippen molar-refractivity contribution in [1.29, 1.82) is 0 Å². The van der Waals surface area contributed by atoms with Crippen LogP contribution in [0.15, 0.2) is 18.2 Å². The van der Waals surface area contributed by atoms with Gasteiger partial charge in [-0.2, -0.15) is 0 Å². The van der Waals surface area contributed by atoms with Crippen LogP contribution in [-0.4, -0.2) is 50.6 Å². The number of aliphatic hydroxyl groups excluding tert-OH is 1. The number of carboxylic acid groups (broad SMARTS) is 1. The number of aliphatic hydroxyl groups is 1. The molecule has 21 heavy (non-hydrogen) atoms. The van der Waals surface area contributed by atoms with E-state index in [1.165, 1.54) is 0 Å².